The topological polar surface area (TPSA) is 29.5 Å². The highest BCUT2D eigenvalue weighted by Gasteiger charge is 2.28. The second-order valence-electron chi connectivity index (χ2n) is 6.80. The van der Waals surface area contributed by atoms with E-state index in [1.165, 1.54) is 24.8 Å². The van der Waals surface area contributed by atoms with Crippen molar-refractivity contribution in [2.24, 2.45) is 0 Å². The molecular weight excluding hydrogens is 346 g/mol. The molecule has 2 aromatic carbocycles. The minimum Gasteiger partial charge on any atom is -0.461 e. The Morgan fingerprint density at radius 2 is 1.73 bits per heavy atom. The Balaban J connectivity index is 0.00000243. The normalized spacial score (nSPS) is 18.6. The number of piperidine rings is 1. The molecule has 0 aromatic heterocycles. The van der Waals surface area contributed by atoms with Gasteiger partial charge in [-0.2, -0.15) is 0 Å². The summed E-state index contributed by atoms with van der Waals surface area (Å²) < 4.78 is 5.48. The summed E-state index contributed by atoms with van der Waals surface area (Å²) in [5.41, 5.74) is 2.01. The molecule has 4 heteroatoms. The van der Waals surface area contributed by atoms with Crippen LogP contribution in [0.5, 0.6) is 0 Å². The fraction of sp³-hybridized carbons (Fsp3) is 0.409. The first-order valence-electron chi connectivity index (χ1n) is 9.27. The van der Waals surface area contributed by atoms with Crippen molar-refractivity contribution < 1.29 is 9.53 Å². The maximum Gasteiger partial charge on any atom is 0.338 e. The minimum absolute atomic E-state index is 0. The standard InChI is InChI=1S/C22H27NO2.ClH/c1-18(19-10-4-2-5-11-19)21-14-8-9-15-23(21)16-17-25-22(24)20-12-6-3-7-13-20;/h2-7,10-13,18,21H,8-9,14-17H2,1H3;1H. The molecule has 1 fully saturated rings. The van der Waals surface area contributed by atoms with Crippen molar-refractivity contribution in [3.05, 3.63) is 71.8 Å². The summed E-state index contributed by atoms with van der Waals surface area (Å²) in [5, 5.41) is 0. The molecule has 26 heavy (non-hydrogen) atoms. The zero-order chi connectivity index (χ0) is 17.5. The summed E-state index contributed by atoms with van der Waals surface area (Å²) in [7, 11) is 0. The van der Waals surface area contributed by atoms with Gasteiger partial charge in [0.1, 0.15) is 6.61 Å². The lowest BCUT2D eigenvalue weighted by Gasteiger charge is -2.39. The van der Waals surface area contributed by atoms with Gasteiger partial charge in [0.2, 0.25) is 0 Å². The third-order valence-electron chi connectivity index (χ3n) is 5.19. The summed E-state index contributed by atoms with van der Waals surface area (Å²) >= 11 is 0. The van der Waals surface area contributed by atoms with Gasteiger partial charge in [-0.1, -0.05) is 61.9 Å². The quantitative estimate of drug-likeness (QED) is 0.673. The van der Waals surface area contributed by atoms with Crippen LogP contribution in [-0.2, 0) is 4.74 Å². The number of esters is 1. The molecule has 0 amide bonds. The van der Waals surface area contributed by atoms with Crippen molar-refractivity contribution in [3.63, 3.8) is 0 Å². The highest BCUT2D eigenvalue weighted by molar-refractivity contribution is 5.89. The zero-order valence-electron chi connectivity index (χ0n) is 15.3. The van der Waals surface area contributed by atoms with Crippen LogP contribution in [0.15, 0.2) is 60.7 Å². The maximum atomic E-state index is 12.1. The van der Waals surface area contributed by atoms with Crippen LogP contribution in [0, 0.1) is 0 Å². The average Bonchev–Trinajstić information content (AvgIpc) is 2.69. The number of carbonyl (C=O) groups is 1. The number of likely N-dealkylation sites (tertiary alicyclic amines) is 1. The first-order chi connectivity index (χ1) is 12.3. The molecule has 3 rings (SSSR count). The molecule has 1 aliphatic rings. The molecule has 1 heterocycles. The van der Waals surface area contributed by atoms with E-state index < -0.39 is 0 Å². The van der Waals surface area contributed by atoms with Gasteiger partial charge in [-0.25, -0.2) is 4.79 Å². The second-order valence-corrected chi connectivity index (χ2v) is 6.80. The lowest BCUT2D eigenvalue weighted by atomic mass is 9.86. The number of ether oxygens (including phenoxy) is 1. The molecular formula is C22H28ClNO2. The first kappa shape index (κ1) is 20.5. The molecule has 1 aliphatic heterocycles. The molecule has 0 bridgehead atoms. The monoisotopic (exact) mass is 373 g/mol. The van der Waals surface area contributed by atoms with Crippen LogP contribution >= 0.6 is 12.4 Å². The van der Waals surface area contributed by atoms with Crippen LogP contribution in [0.2, 0.25) is 0 Å². The highest BCUT2D eigenvalue weighted by atomic mass is 35.5. The SMILES string of the molecule is CC(c1ccccc1)C1CCCCN1CCOC(=O)c1ccccc1.Cl. The molecule has 3 nitrogen and oxygen atoms in total. The van der Waals surface area contributed by atoms with Gasteiger partial charge in [0.15, 0.2) is 0 Å². The Hall–Kier alpha value is -1.84. The molecule has 0 spiro atoms. The number of nitrogens with zero attached hydrogens (tertiary/aromatic N) is 1. The van der Waals surface area contributed by atoms with E-state index in [1.54, 1.807) is 12.1 Å². The number of rotatable bonds is 6. The van der Waals surface area contributed by atoms with Crippen LogP contribution < -0.4 is 0 Å². The van der Waals surface area contributed by atoms with Gasteiger partial charge in [-0.3, -0.25) is 4.90 Å². The second kappa shape index (κ2) is 10.3. The summed E-state index contributed by atoms with van der Waals surface area (Å²) in [6.45, 7) is 4.66. The fourth-order valence-corrected chi connectivity index (χ4v) is 3.75. The Bertz CT molecular complexity index is 662. The van der Waals surface area contributed by atoms with E-state index in [2.05, 4.69) is 42.2 Å². The van der Waals surface area contributed by atoms with Crippen molar-refractivity contribution in [2.75, 3.05) is 19.7 Å². The first-order valence-corrected chi connectivity index (χ1v) is 9.27. The third-order valence-corrected chi connectivity index (χ3v) is 5.19. The Morgan fingerprint density at radius 3 is 2.42 bits per heavy atom. The molecule has 0 radical (unpaired) electrons. The van der Waals surface area contributed by atoms with Crippen LogP contribution in [0.25, 0.3) is 0 Å². The Morgan fingerprint density at radius 1 is 1.08 bits per heavy atom. The van der Waals surface area contributed by atoms with Gasteiger partial charge < -0.3 is 4.74 Å². The van der Waals surface area contributed by atoms with Gasteiger partial charge in [-0.15, -0.1) is 12.4 Å². The predicted molar refractivity (Wildman–Crippen MR) is 108 cm³/mol. The van der Waals surface area contributed by atoms with E-state index in [1.807, 2.05) is 18.2 Å². The largest absolute Gasteiger partial charge is 0.461 e. The molecule has 2 unspecified atom stereocenters. The van der Waals surface area contributed by atoms with Gasteiger partial charge in [0.05, 0.1) is 5.56 Å². The fourth-order valence-electron chi connectivity index (χ4n) is 3.75. The van der Waals surface area contributed by atoms with Gasteiger partial charge in [-0.05, 0) is 43.0 Å². The molecule has 0 N–H and O–H groups in total. The summed E-state index contributed by atoms with van der Waals surface area (Å²) in [4.78, 5) is 14.6. The number of halogens is 1. The molecule has 0 saturated carbocycles. The van der Waals surface area contributed by atoms with E-state index in [9.17, 15) is 4.79 Å². The Labute approximate surface area is 162 Å². The summed E-state index contributed by atoms with van der Waals surface area (Å²) in [6, 6.07) is 20.5. The van der Waals surface area contributed by atoms with E-state index in [4.69, 9.17) is 4.74 Å². The average molecular weight is 374 g/mol. The van der Waals surface area contributed by atoms with Crippen molar-refractivity contribution in [2.45, 2.75) is 38.1 Å². The molecule has 2 aromatic rings. The molecule has 1 saturated heterocycles. The Kier molecular flexibility index (Phi) is 8.14. The number of hydrogen-bond donors (Lipinski definition) is 0. The van der Waals surface area contributed by atoms with Crippen molar-refractivity contribution in [1.29, 1.82) is 0 Å². The van der Waals surface area contributed by atoms with Crippen molar-refractivity contribution in [3.8, 4) is 0 Å². The summed E-state index contributed by atoms with van der Waals surface area (Å²) in [6.07, 6.45) is 3.72. The zero-order valence-corrected chi connectivity index (χ0v) is 16.2. The van der Waals surface area contributed by atoms with Crippen molar-refractivity contribution in [1.82, 2.24) is 4.90 Å². The number of benzene rings is 2. The predicted octanol–water partition coefficient (Wildman–Crippen LogP) is 4.92. The van der Waals surface area contributed by atoms with Crippen LogP contribution in [0.3, 0.4) is 0 Å². The van der Waals surface area contributed by atoms with Crippen molar-refractivity contribution >= 4 is 18.4 Å². The summed E-state index contributed by atoms with van der Waals surface area (Å²) in [5.74, 6) is 0.261. The minimum atomic E-state index is -0.231. The lowest BCUT2D eigenvalue weighted by molar-refractivity contribution is 0.0390. The number of hydrogen-bond acceptors (Lipinski definition) is 3. The van der Waals surface area contributed by atoms with E-state index in [0.29, 0.717) is 24.1 Å². The van der Waals surface area contributed by atoms with Crippen LogP contribution in [0.4, 0.5) is 0 Å². The van der Waals surface area contributed by atoms with E-state index in [0.717, 1.165) is 13.1 Å². The van der Waals surface area contributed by atoms with Gasteiger partial charge in [0.25, 0.3) is 0 Å². The van der Waals surface area contributed by atoms with Crippen LogP contribution in [0.1, 0.15) is 48.0 Å². The molecule has 2 atom stereocenters. The van der Waals surface area contributed by atoms with Gasteiger partial charge in [0, 0.05) is 12.6 Å². The van der Waals surface area contributed by atoms with Crippen LogP contribution in [-0.4, -0.2) is 36.6 Å². The smallest absolute Gasteiger partial charge is 0.338 e. The third kappa shape index (κ3) is 5.33. The lowest BCUT2D eigenvalue weighted by Crippen LogP contribution is -2.44. The van der Waals surface area contributed by atoms with E-state index >= 15 is 0 Å². The highest BCUT2D eigenvalue weighted by Crippen LogP contribution is 2.29. The van der Waals surface area contributed by atoms with E-state index in [-0.39, 0.29) is 18.4 Å². The maximum absolute atomic E-state index is 12.1. The molecule has 140 valence electrons. The molecule has 0 aliphatic carbocycles. The number of carbonyl (C=O) groups excluding carboxylic acids is 1. The van der Waals surface area contributed by atoms with Gasteiger partial charge >= 0.3 is 5.97 Å².